The predicted molar refractivity (Wildman–Crippen MR) is 102 cm³/mol. The van der Waals surface area contributed by atoms with Gasteiger partial charge in [-0.2, -0.15) is 0 Å². The fraction of sp³-hybridized carbons (Fsp3) is 0.524. The number of carbonyl (C=O) groups is 1. The van der Waals surface area contributed by atoms with Crippen LogP contribution in [0.1, 0.15) is 49.3 Å². The Morgan fingerprint density at radius 2 is 1.87 bits per heavy atom. The van der Waals surface area contributed by atoms with E-state index in [1.807, 2.05) is 0 Å². The Kier molecular flexibility index (Phi) is 5.62. The normalized spacial score (nSPS) is 17.1. The summed E-state index contributed by atoms with van der Waals surface area (Å²) in [5.41, 5.74) is -0.466. The SMILES string of the molecule is Cc1noc(C)c1C(C)(C)C(=O)N1CCC(O)(c2cccc(OC(F)(F)F)c2)CC1. The molecular weight excluding hydrogens is 401 g/mol. The minimum Gasteiger partial charge on any atom is -0.406 e. The molecule has 0 aliphatic carbocycles. The number of hydrogen-bond donors (Lipinski definition) is 1. The minimum atomic E-state index is -4.80. The highest BCUT2D eigenvalue weighted by Crippen LogP contribution is 2.38. The molecule has 30 heavy (non-hydrogen) atoms. The van der Waals surface area contributed by atoms with Crippen LogP contribution in [-0.2, 0) is 15.8 Å². The van der Waals surface area contributed by atoms with Crippen molar-refractivity contribution in [3.05, 3.63) is 46.8 Å². The summed E-state index contributed by atoms with van der Waals surface area (Å²) in [5.74, 6) is 0.0837. The van der Waals surface area contributed by atoms with Gasteiger partial charge in [-0.1, -0.05) is 17.3 Å². The third-order valence-electron chi connectivity index (χ3n) is 5.68. The Bertz CT molecular complexity index is 909. The Labute approximate surface area is 172 Å². The molecule has 0 saturated carbocycles. The molecule has 9 heteroatoms. The van der Waals surface area contributed by atoms with Crippen molar-refractivity contribution in [2.45, 2.75) is 57.9 Å². The molecule has 1 aromatic carbocycles. The van der Waals surface area contributed by atoms with Gasteiger partial charge in [0.15, 0.2) is 0 Å². The second-order valence-electron chi connectivity index (χ2n) is 8.22. The first kappa shape index (κ1) is 22.1. The lowest BCUT2D eigenvalue weighted by Crippen LogP contribution is -2.50. The number of amides is 1. The molecular formula is C21H25F3N2O4. The van der Waals surface area contributed by atoms with Crippen molar-refractivity contribution in [3.63, 3.8) is 0 Å². The highest BCUT2D eigenvalue weighted by Gasteiger charge is 2.42. The van der Waals surface area contributed by atoms with Crippen molar-refractivity contribution >= 4 is 5.91 Å². The zero-order chi connectivity index (χ0) is 22.3. The van der Waals surface area contributed by atoms with E-state index in [1.165, 1.54) is 18.2 Å². The molecule has 1 aliphatic heterocycles. The maximum atomic E-state index is 13.2. The van der Waals surface area contributed by atoms with Crippen molar-refractivity contribution in [1.29, 1.82) is 0 Å². The van der Waals surface area contributed by atoms with Crippen LogP contribution in [0.5, 0.6) is 5.75 Å². The molecule has 2 heterocycles. The Balaban J connectivity index is 1.74. The van der Waals surface area contributed by atoms with E-state index >= 15 is 0 Å². The molecule has 0 atom stereocenters. The third kappa shape index (κ3) is 4.30. The second kappa shape index (κ2) is 7.61. The summed E-state index contributed by atoms with van der Waals surface area (Å²) < 4.78 is 46.6. The van der Waals surface area contributed by atoms with Crippen LogP contribution >= 0.6 is 0 Å². The van der Waals surface area contributed by atoms with Gasteiger partial charge < -0.3 is 19.3 Å². The molecule has 1 saturated heterocycles. The smallest absolute Gasteiger partial charge is 0.406 e. The van der Waals surface area contributed by atoms with Crippen molar-refractivity contribution in [2.75, 3.05) is 13.1 Å². The highest BCUT2D eigenvalue weighted by atomic mass is 19.4. The molecule has 3 rings (SSSR count). The molecule has 1 fully saturated rings. The molecule has 6 nitrogen and oxygen atoms in total. The van der Waals surface area contributed by atoms with E-state index in [-0.39, 0.29) is 37.6 Å². The number of piperidine rings is 1. The molecule has 1 amide bonds. The van der Waals surface area contributed by atoms with Gasteiger partial charge in [0.05, 0.1) is 16.7 Å². The zero-order valence-electron chi connectivity index (χ0n) is 17.3. The molecule has 1 aliphatic rings. The number of likely N-dealkylation sites (tertiary alicyclic amines) is 1. The van der Waals surface area contributed by atoms with Gasteiger partial charge >= 0.3 is 6.36 Å². The number of ether oxygens (including phenoxy) is 1. The highest BCUT2D eigenvalue weighted by molar-refractivity contribution is 5.88. The zero-order valence-corrected chi connectivity index (χ0v) is 17.3. The van der Waals surface area contributed by atoms with Gasteiger partial charge in [0, 0.05) is 18.7 Å². The van der Waals surface area contributed by atoms with Crippen LogP contribution in [-0.4, -0.2) is 40.5 Å². The van der Waals surface area contributed by atoms with Crippen molar-refractivity contribution in [3.8, 4) is 5.75 Å². The molecule has 164 valence electrons. The first-order valence-electron chi connectivity index (χ1n) is 9.65. The van der Waals surface area contributed by atoms with Crippen molar-refractivity contribution < 1.29 is 32.3 Å². The summed E-state index contributed by atoms with van der Waals surface area (Å²) in [7, 11) is 0. The topological polar surface area (TPSA) is 75.8 Å². The van der Waals surface area contributed by atoms with Gasteiger partial charge in [-0.25, -0.2) is 0 Å². The predicted octanol–water partition coefficient (Wildman–Crippen LogP) is 3.98. The lowest BCUT2D eigenvalue weighted by atomic mass is 9.79. The van der Waals surface area contributed by atoms with Crippen LogP contribution in [0.25, 0.3) is 0 Å². The number of hydrogen-bond acceptors (Lipinski definition) is 5. The Morgan fingerprint density at radius 1 is 1.23 bits per heavy atom. The van der Waals surface area contributed by atoms with Gasteiger partial charge in [0.25, 0.3) is 0 Å². The first-order valence-corrected chi connectivity index (χ1v) is 9.65. The van der Waals surface area contributed by atoms with E-state index in [0.717, 1.165) is 5.56 Å². The van der Waals surface area contributed by atoms with Crippen molar-refractivity contribution in [1.82, 2.24) is 10.1 Å². The monoisotopic (exact) mass is 426 g/mol. The quantitative estimate of drug-likeness (QED) is 0.801. The van der Waals surface area contributed by atoms with Crippen LogP contribution in [0.15, 0.2) is 28.8 Å². The maximum Gasteiger partial charge on any atom is 0.573 e. The molecule has 0 spiro atoms. The minimum absolute atomic E-state index is 0.117. The Morgan fingerprint density at radius 3 is 2.40 bits per heavy atom. The van der Waals surface area contributed by atoms with E-state index < -0.39 is 17.4 Å². The number of nitrogens with zero attached hydrogens (tertiary/aromatic N) is 2. The van der Waals surface area contributed by atoms with Crippen LogP contribution in [0, 0.1) is 13.8 Å². The van der Waals surface area contributed by atoms with Gasteiger partial charge in [-0.3, -0.25) is 4.79 Å². The number of aryl methyl sites for hydroxylation is 2. The number of halogens is 3. The van der Waals surface area contributed by atoms with Crippen LogP contribution < -0.4 is 4.74 Å². The van der Waals surface area contributed by atoms with Crippen LogP contribution in [0.3, 0.4) is 0 Å². The fourth-order valence-corrected chi connectivity index (χ4v) is 4.23. The van der Waals surface area contributed by atoms with E-state index in [9.17, 15) is 23.1 Å². The molecule has 2 aromatic rings. The van der Waals surface area contributed by atoms with Gasteiger partial charge in [-0.05, 0) is 58.2 Å². The third-order valence-corrected chi connectivity index (χ3v) is 5.68. The average Bonchev–Trinajstić information content (AvgIpc) is 2.99. The van der Waals surface area contributed by atoms with E-state index in [0.29, 0.717) is 17.0 Å². The summed E-state index contributed by atoms with van der Waals surface area (Å²) in [6.07, 6.45) is -4.40. The summed E-state index contributed by atoms with van der Waals surface area (Å²) >= 11 is 0. The van der Waals surface area contributed by atoms with Gasteiger partial charge in [0.2, 0.25) is 5.91 Å². The Hall–Kier alpha value is -2.55. The van der Waals surface area contributed by atoms with Crippen molar-refractivity contribution in [2.24, 2.45) is 0 Å². The largest absolute Gasteiger partial charge is 0.573 e. The summed E-state index contributed by atoms with van der Waals surface area (Å²) in [4.78, 5) is 14.9. The number of rotatable bonds is 4. The summed E-state index contributed by atoms with van der Waals surface area (Å²) in [5, 5.41) is 15.0. The first-order chi connectivity index (χ1) is 13.8. The number of aliphatic hydroxyl groups is 1. The molecule has 1 N–H and O–H groups in total. The number of benzene rings is 1. The lowest BCUT2D eigenvalue weighted by Gasteiger charge is -2.41. The lowest BCUT2D eigenvalue weighted by molar-refractivity contribution is -0.274. The van der Waals surface area contributed by atoms with Crippen LogP contribution in [0.4, 0.5) is 13.2 Å². The standard InChI is InChI=1S/C21H25F3N2O4/c1-13-17(14(2)30-25-13)19(3,4)18(27)26-10-8-20(28,9-11-26)15-6-5-7-16(12-15)29-21(22,23)24/h5-7,12,28H,8-11H2,1-4H3. The fourth-order valence-electron chi connectivity index (χ4n) is 4.23. The number of aromatic nitrogens is 1. The van der Waals surface area contributed by atoms with Gasteiger partial charge in [0.1, 0.15) is 11.5 Å². The molecule has 0 bridgehead atoms. The summed E-state index contributed by atoms with van der Waals surface area (Å²) in [6, 6.07) is 5.35. The molecule has 1 aromatic heterocycles. The van der Waals surface area contributed by atoms with E-state index in [2.05, 4.69) is 9.89 Å². The second-order valence-corrected chi connectivity index (χ2v) is 8.22. The number of alkyl halides is 3. The molecule has 0 unspecified atom stereocenters. The van der Waals surface area contributed by atoms with Gasteiger partial charge in [-0.15, -0.1) is 13.2 Å². The average molecular weight is 426 g/mol. The number of carbonyl (C=O) groups excluding carboxylic acids is 1. The van der Waals surface area contributed by atoms with E-state index in [4.69, 9.17) is 4.52 Å². The summed E-state index contributed by atoms with van der Waals surface area (Å²) in [6.45, 7) is 7.70. The van der Waals surface area contributed by atoms with E-state index in [1.54, 1.807) is 38.7 Å². The van der Waals surface area contributed by atoms with Crippen LogP contribution in [0.2, 0.25) is 0 Å². The maximum absolute atomic E-state index is 13.2. The molecule has 0 radical (unpaired) electrons.